The Bertz CT molecular complexity index is 233. The number of methoxy groups -OCH3 is 1. The van der Waals surface area contributed by atoms with E-state index in [0.717, 1.165) is 6.42 Å². The maximum Gasteiger partial charge on any atom is 0.309 e. The molecule has 0 aliphatic heterocycles. The van der Waals surface area contributed by atoms with E-state index in [-0.39, 0.29) is 23.0 Å². The molecule has 16 heavy (non-hydrogen) atoms. The summed E-state index contributed by atoms with van der Waals surface area (Å²) in [5.74, 6) is 0.238. The number of hydrogen-bond donors (Lipinski definition) is 1. The molecule has 0 aliphatic carbocycles. The minimum Gasteiger partial charge on any atom is -0.469 e. The van der Waals surface area contributed by atoms with Gasteiger partial charge in [0.25, 0.3) is 0 Å². The Morgan fingerprint density at radius 1 is 1.38 bits per heavy atom. The lowest BCUT2D eigenvalue weighted by Gasteiger charge is -2.13. The highest BCUT2D eigenvalue weighted by atomic mass is 32.2. The molecule has 0 aliphatic rings. The van der Waals surface area contributed by atoms with Gasteiger partial charge in [-0.2, -0.15) is 0 Å². The van der Waals surface area contributed by atoms with Gasteiger partial charge in [0.05, 0.1) is 18.3 Å². The summed E-state index contributed by atoms with van der Waals surface area (Å²) in [6.45, 7) is 6.36. The minimum atomic E-state index is -0.228. The van der Waals surface area contributed by atoms with Crippen LogP contribution in [0.15, 0.2) is 0 Å². The number of carbonyl (C=O) groups excluding carboxylic acids is 2. The number of thioether (sulfide) groups is 1. The molecule has 0 bridgehead atoms. The van der Waals surface area contributed by atoms with Gasteiger partial charge in [-0.25, -0.2) is 0 Å². The number of carbonyl (C=O) groups is 2. The van der Waals surface area contributed by atoms with Crippen LogP contribution < -0.4 is 5.32 Å². The van der Waals surface area contributed by atoms with Crippen LogP contribution >= 0.6 is 11.8 Å². The average Bonchev–Trinajstić information content (AvgIpc) is 2.31. The number of ether oxygens (including phenoxy) is 1. The lowest BCUT2D eigenvalue weighted by Crippen LogP contribution is -2.32. The van der Waals surface area contributed by atoms with E-state index in [1.807, 2.05) is 13.8 Å². The minimum absolute atomic E-state index is 0.0314. The molecule has 2 atom stereocenters. The molecule has 0 heterocycles. The van der Waals surface area contributed by atoms with Gasteiger partial charge >= 0.3 is 5.97 Å². The summed E-state index contributed by atoms with van der Waals surface area (Å²) in [4.78, 5) is 22.6. The molecule has 0 saturated carbocycles. The quantitative estimate of drug-likeness (QED) is 0.692. The van der Waals surface area contributed by atoms with Crippen LogP contribution in [0.1, 0.15) is 27.2 Å². The molecule has 4 nitrogen and oxygen atoms in total. The highest BCUT2D eigenvalue weighted by Gasteiger charge is 2.18. The van der Waals surface area contributed by atoms with Crippen molar-refractivity contribution in [1.82, 2.24) is 5.32 Å². The highest BCUT2D eigenvalue weighted by molar-refractivity contribution is 8.00. The molecule has 2 unspecified atom stereocenters. The maximum atomic E-state index is 11.5. The third-order valence-corrected chi connectivity index (χ3v) is 3.52. The molecule has 0 aromatic carbocycles. The van der Waals surface area contributed by atoms with Crippen molar-refractivity contribution in [2.24, 2.45) is 5.92 Å². The molecule has 0 aromatic rings. The molecule has 0 rings (SSSR count). The fraction of sp³-hybridized carbons (Fsp3) is 0.818. The van der Waals surface area contributed by atoms with Crippen molar-refractivity contribution in [3.05, 3.63) is 0 Å². The predicted octanol–water partition coefficient (Wildman–Crippen LogP) is 1.44. The topological polar surface area (TPSA) is 55.4 Å². The molecule has 1 amide bonds. The summed E-state index contributed by atoms with van der Waals surface area (Å²) in [5.41, 5.74) is 0. The molecule has 5 heteroatoms. The van der Waals surface area contributed by atoms with Gasteiger partial charge in [-0.3, -0.25) is 9.59 Å². The Kier molecular flexibility index (Phi) is 8.07. The van der Waals surface area contributed by atoms with Gasteiger partial charge in [-0.15, -0.1) is 11.8 Å². The van der Waals surface area contributed by atoms with Crippen molar-refractivity contribution >= 4 is 23.6 Å². The second-order valence-electron chi connectivity index (χ2n) is 3.69. The van der Waals surface area contributed by atoms with Gasteiger partial charge in [0, 0.05) is 12.3 Å². The van der Waals surface area contributed by atoms with Crippen molar-refractivity contribution in [1.29, 1.82) is 0 Å². The molecule has 0 radical (unpaired) electrons. The van der Waals surface area contributed by atoms with Gasteiger partial charge < -0.3 is 10.1 Å². The van der Waals surface area contributed by atoms with E-state index in [9.17, 15) is 9.59 Å². The van der Waals surface area contributed by atoms with Crippen LogP contribution in [0.5, 0.6) is 0 Å². The summed E-state index contributed by atoms with van der Waals surface area (Å²) >= 11 is 1.47. The molecular weight excluding hydrogens is 226 g/mol. The van der Waals surface area contributed by atoms with E-state index in [1.54, 1.807) is 6.92 Å². The van der Waals surface area contributed by atoms with Gasteiger partial charge in [0.2, 0.25) is 5.91 Å². The van der Waals surface area contributed by atoms with E-state index in [4.69, 9.17) is 0 Å². The van der Waals surface area contributed by atoms with Crippen LogP contribution in [0, 0.1) is 5.92 Å². The SMILES string of the molecule is CCCNC(=O)C(C)SCC(C)C(=O)OC. The van der Waals surface area contributed by atoms with E-state index in [2.05, 4.69) is 10.1 Å². The van der Waals surface area contributed by atoms with Crippen molar-refractivity contribution in [3.63, 3.8) is 0 Å². The third kappa shape index (κ3) is 6.00. The third-order valence-electron chi connectivity index (χ3n) is 2.12. The first-order valence-electron chi connectivity index (χ1n) is 5.50. The van der Waals surface area contributed by atoms with Gasteiger partial charge in [0.1, 0.15) is 0 Å². The fourth-order valence-corrected chi connectivity index (χ4v) is 1.97. The van der Waals surface area contributed by atoms with Crippen molar-refractivity contribution < 1.29 is 14.3 Å². The summed E-state index contributed by atoms with van der Waals surface area (Å²) in [5, 5.41) is 2.70. The summed E-state index contributed by atoms with van der Waals surface area (Å²) in [6.07, 6.45) is 0.932. The van der Waals surface area contributed by atoms with Gasteiger partial charge in [0.15, 0.2) is 0 Å². The van der Waals surface area contributed by atoms with Crippen LogP contribution in [0.2, 0.25) is 0 Å². The Labute approximate surface area is 101 Å². The van der Waals surface area contributed by atoms with Crippen molar-refractivity contribution in [3.8, 4) is 0 Å². The lowest BCUT2D eigenvalue weighted by atomic mass is 10.2. The first-order chi connectivity index (χ1) is 7.52. The molecule has 94 valence electrons. The number of nitrogens with one attached hydrogen (secondary N) is 1. The smallest absolute Gasteiger partial charge is 0.309 e. The zero-order valence-corrected chi connectivity index (χ0v) is 11.2. The molecule has 0 saturated heterocycles. The van der Waals surface area contributed by atoms with Crippen molar-refractivity contribution in [2.45, 2.75) is 32.4 Å². The zero-order valence-electron chi connectivity index (χ0n) is 10.4. The number of hydrogen-bond acceptors (Lipinski definition) is 4. The normalized spacial score (nSPS) is 14.0. The Hall–Kier alpha value is -0.710. The van der Waals surface area contributed by atoms with Crippen LogP contribution in [-0.2, 0) is 14.3 Å². The van der Waals surface area contributed by atoms with Crippen molar-refractivity contribution in [2.75, 3.05) is 19.4 Å². The van der Waals surface area contributed by atoms with E-state index in [1.165, 1.54) is 18.9 Å². The summed E-state index contributed by atoms with van der Waals surface area (Å²) in [7, 11) is 1.38. The highest BCUT2D eigenvalue weighted by Crippen LogP contribution is 2.15. The van der Waals surface area contributed by atoms with Crippen LogP contribution in [0.25, 0.3) is 0 Å². The first kappa shape index (κ1) is 15.3. The predicted molar refractivity (Wildman–Crippen MR) is 66.4 cm³/mol. The van der Waals surface area contributed by atoms with E-state index in [0.29, 0.717) is 12.3 Å². The van der Waals surface area contributed by atoms with Crippen LogP contribution in [0.3, 0.4) is 0 Å². The summed E-state index contributed by atoms with van der Waals surface area (Å²) in [6, 6.07) is 0. The monoisotopic (exact) mass is 247 g/mol. The average molecular weight is 247 g/mol. The molecule has 1 N–H and O–H groups in total. The second kappa shape index (κ2) is 8.44. The molecule has 0 fully saturated rings. The van der Waals surface area contributed by atoms with Crippen LogP contribution in [0.4, 0.5) is 0 Å². The second-order valence-corrected chi connectivity index (χ2v) is 5.06. The number of rotatable bonds is 7. The largest absolute Gasteiger partial charge is 0.469 e. The maximum absolute atomic E-state index is 11.5. The zero-order chi connectivity index (χ0) is 12.6. The fourth-order valence-electron chi connectivity index (χ4n) is 1.03. The Morgan fingerprint density at radius 3 is 2.50 bits per heavy atom. The van der Waals surface area contributed by atoms with E-state index >= 15 is 0 Å². The van der Waals surface area contributed by atoms with Gasteiger partial charge in [-0.1, -0.05) is 13.8 Å². The Balaban J connectivity index is 3.83. The number of amides is 1. The summed E-state index contributed by atoms with van der Waals surface area (Å²) < 4.78 is 4.62. The molecule has 0 spiro atoms. The van der Waals surface area contributed by atoms with Gasteiger partial charge in [-0.05, 0) is 13.3 Å². The molecule has 0 aromatic heterocycles. The Morgan fingerprint density at radius 2 is 2.00 bits per heavy atom. The van der Waals surface area contributed by atoms with Crippen LogP contribution in [-0.4, -0.2) is 36.5 Å². The number of esters is 1. The lowest BCUT2D eigenvalue weighted by molar-refractivity contribution is -0.144. The van der Waals surface area contributed by atoms with E-state index < -0.39 is 0 Å². The first-order valence-corrected chi connectivity index (χ1v) is 6.54. The standard InChI is InChI=1S/C11H21NO3S/c1-5-6-12-10(13)9(3)16-7-8(2)11(14)15-4/h8-9H,5-7H2,1-4H3,(H,12,13). The molecular formula is C11H21NO3S.